The monoisotopic (exact) mass is 403 g/mol. The van der Waals surface area contributed by atoms with E-state index in [1.165, 1.54) is 11.3 Å². The molecular formula is C21H25NO5S. The number of carboxylic acids is 1. The lowest BCUT2D eigenvalue weighted by Gasteiger charge is -2.25. The van der Waals surface area contributed by atoms with Crippen LogP contribution in [0.3, 0.4) is 0 Å². The van der Waals surface area contributed by atoms with Crippen LogP contribution in [-0.4, -0.2) is 34.7 Å². The van der Waals surface area contributed by atoms with E-state index in [4.69, 9.17) is 9.84 Å². The van der Waals surface area contributed by atoms with Crippen molar-refractivity contribution in [3.05, 3.63) is 51.7 Å². The minimum atomic E-state index is -0.934. The fourth-order valence-corrected chi connectivity index (χ4v) is 4.20. The summed E-state index contributed by atoms with van der Waals surface area (Å²) in [5.41, 5.74) is 1.67. The van der Waals surface area contributed by atoms with Crippen molar-refractivity contribution in [2.24, 2.45) is 0 Å². The van der Waals surface area contributed by atoms with Gasteiger partial charge in [-0.2, -0.15) is 0 Å². The van der Waals surface area contributed by atoms with Gasteiger partial charge in [0.2, 0.25) is 5.91 Å². The maximum Gasteiger partial charge on any atom is 0.345 e. The van der Waals surface area contributed by atoms with Gasteiger partial charge in [-0.1, -0.05) is 25.5 Å². The molecule has 0 radical (unpaired) electrons. The van der Waals surface area contributed by atoms with Crippen LogP contribution in [0.1, 0.15) is 58.8 Å². The van der Waals surface area contributed by atoms with Crippen molar-refractivity contribution < 1.29 is 24.5 Å². The van der Waals surface area contributed by atoms with Gasteiger partial charge in [-0.15, -0.1) is 11.3 Å². The lowest BCUT2D eigenvalue weighted by atomic mass is 10.0. The van der Waals surface area contributed by atoms with E-state index in [0.29, 0.717) is 30.9 Å². The third-order valence-electron chi connectivity index (χ3n) is 4.87. The highest BCUT2D eigenvalue weighted by Crippen LogP contribution is 2.29. The van der Waals surface area contributed by atoms with Gasteiger partial charge in [0.05, 0.1) is 25.4 Å². The molecule has 7 heteroatoms. The van der Waals surface area contributed by atoms with Crippen LogP contribution < -0.4 is 4.90 Å². The van der Waals surface area contributed by atoms with E-state index in [0.717, 1.165) is 29.0 Å². The second-order valence-corrected chi connectivity index (χ2v) is 8.11. The molecule has 0 saturated carbocycles. The Balaban J connectivity index is 1.60. The molecule has 1 aromatic heterocycles. The van der Waals surface area contributed by atoms with Crippen LogP contribution in [0.4, 0.5) is 5.69 Å². The summed E-state index contributed by atoms with van der Waals surface area (Å²) < 4.78 is 5.77. The summed E-state index contributed by atoms with van der Waals surface area (Å²) in [6.45, 7) is 2.76. The predicted molar refractivity (Wildman–Crippen MR) is 108 cm³/mol. The molecule has 1 aliphatic rings. The molecular weight excluding hydrogens is 378 g/mol. The van der Waals surface area contributed by atoms with Crippen molar-refractivity contribution in [1.82, 2.24) is 0 Å². The largest absolute Gasteiger partial charge is 0.477 e. The number of thiophene rings is 1. The van der Waals surface area contributed by atoms with E-state index in [-0.39, 0.29) is 11.9 Å². The first-order chi connectivity index (χ1) is 13.5. The van der Waals surface area contributed by atoms with Crippen molar-refractivity contribution in [1.29, 1.82) is 0 Å². The Labute approximate surface area is 168 Å². The number of benzene rings is 1. The lowest BCUT2D eigenvalue weighted by molar-refractivity contribution is -0.117. The normalized spacial score (nSPS) is 17.9. The van der Waals surface area contributed by atoms with Crippen LogP contribution in [0.25, 0.3) is 0 Å². The number of aliphatic hydroxyl groups excluding tert-OH is 1. The summed E-state index contributed by atoms with van der Waals surface area (Å²) in [5, 5.41) is 19.1. The number of anilines is 1. The molecule has 0 bridgehead atoms. The number of carboxylic acid groups (broad SMARTS) is 1. The molecule has 1 saturated heterocycles. The number of carbonyl (C=O) groups excluding carboxylic acids is 1. The SMILES string of the molecule is CCC[C@@H](O)c1ccc(N2C(=O)CC[C@@H]2COCc2ccc(C(=O)O)s2)cc1. The molecule has 6 nitrogen and oxygen atoms in total. The number of carbonyl (C=O) groups is 2. The van der Waals surface area contributed by atoms with Crippen molar-refractivity contribution in [2.75, 3.05) is 11.5 Å². The Hall–Kier alpha value is -2.22. The fourth-order valence-electron chi connectivity index (χ4n) is 3.42. The second kappa shape index (κ2) is 9.32. The Morgan fingerprint density at radius 1 is 1.29 bits per heavy atom. The van der Waals surface area contributed by atoms with Gasteiger partial charge < -0.3 is 19.8 Å². The Bertz CT molecular complexity index is 816. The van der Waals surface area contributed by atoms with Crippen molar-refractivity contribution >= 4 is 28.9 Å². The molecule has 150 valence electrons. The molecule has 2 heterocycles. The van der Waals surface area contributed by atoms with E-state index in [2.05, 4.69) is 0 Å². The number of hydrogen-bond donors (Lipinski definition) is 2. The van der Waals surface area contributed by atoms with Gasteiger partial charge in [-0.05, 0) is 42.7 Å². The molecule has 0 aliphatic carbocycles. The van der Waals surface area contributed by atoms with Crippen LogP contribution in [0.5, 0.6) is 0 Å². The van der Waals surface area contributed by atoms with E-state index in [1.807, 2.05) is 31.2 Å². The van der Waals surface area contributed by atoms with Gasteiger partial charge in [0.15, 0.2) is 0 Å². The van der Waals surface area contributed by atoms with Crippen LogP contribution in [-0.2, 0) is 16.1 Å². The highest BCUT2D eigenvalue weighted by atomic mass is 32.1. The molecule has 1 aliphatic heterocycles. The zero-order valence-electron chi connectivity index (χ0n) is 15.8. The van der Waals surface area contributed by atoms with Gasteiger partial charge in [0.25, 0.3) is 0 Å². The first kappa shape index (κ1) is 20.5. The van der Waals surface area contributed by atoms with Crippen molar-refractivity contribution in [3.63, 3.8) is 0 Å². The molecule has 0 spiro atoms. The van der Waals surface area contributed by atoms with Gasteiger partial charge >= 0.3 is 5.97 Å². The number of amides is 1. The number of aliphatic hydroxyl groups is 1. The van der Waals surface area contributed by atoms with Crippen LogP contribution in [0, 0.1) is 0 Å². The minimum Gasteiger partial charge on any atom is -0.477 e. The molecule has 1 aromatic carbocycles. The molecule has 2 N–H and O–H groups in total. The lowest BCUT2D eigenvalue weighted by Crippen LogP contribution is -2.36. The van der Waals surface area contributed by atoms with Crippen molar-refractivity contribution in [3.8, 4) is 0 Å². The van der Waals surface area contributed by atoms with E-state index in [9.17, 15) is 14.7 Å². The molecule has 0 unspecified atom stereocenters. The third kappa shape index (κ3) is 4.79. The molecule has 3 rings (SSSR count). The Morgan fingerprint density at radius 2 is 2.04 bits per heavy atom. The predicted octanol–water partition coefficient (Wildman–Crippen LogP) is 3.99. The van der Waals surface area contributed by atoms with Gasteiger partial charge in [-0.25, -0.2) is 4.79 Å². The summed E-state index contributed by atoms with van der Waals surface area (Å²) in [5.74, 6) is -0.865. The van der Waals surface area contributed by atoms with E-state index in [1.54, 1.807) is 17.0 Å². The summed E-state index contributed by atoms with van der Waals surface area (Å²) >= 11 is 1.20. The Kier molecular flexibility index (Phi) is 6.83. The minimum absolute atomic E-state index is 0.0437. The van der Waals surface area contributed by atoms with Gasteiger partial charge in [0, 0.05) is 17.0 Å². The van der Waals surface area contributed by atoms with Gasteiger partial charge in [0.1, 0.15) is 4.88 Å². The maximum absolute atomic E-state index is 12.4. The summed E-state index contributed by atoms with van der Waals surface area (Å²) in [6.07, 6.45) is 2.35. The summed E-state index contributed by atoms with van der Waals surface area (Å²) in [6, 6.07) is 10.8. The average Bonchev–Trinajstić information content (AvgIpc) is 3.29. The van der Waals surface area contributed by atoms with Gasteiger partial charge in [-0.3, -0.25) is 4.79 Å². The number of nitrogens with zero attached hydrogens (tertiary/aromatic N) is 1. The number of hydrogen-bond acceptors (Lipinski definition) is 5. The highest BCUT2D eigenvalue weighted by Gasteiger charge is 2.32. The number of rotatable bonds is 9. The smallest absolute Gasteiger partial charge is 0.345 e. The number of ether oxygens (including phenoxy) is 1. The first-order valence-electron chi connectivity index (χ1n) is 9.49. The standard InChI is InChI=1S/C21H25NO5S/c1-2-3-18(23)14-4-6-15(7-5-14)22-16(8-11-20(22)24)12-27-13-17-9-10-19(28-17)21(25)26/h4-7,9-10,16,18,23H,2-3,8,11-13H2,1H3,(H,25,26)/t16-,18-/m1/s1. The quantitative estimate of drug-likeness (QED) is 0.661. The molecule has 1 amide bonds. The maximum atomic E-state index is 12.4. The summed E-state index contributed by atoms with van der Waals surface area (Å²) in [7, 11) is 0. The topological polar surface area (TPSA) is 87.1 Å². The fraction of sp³-hybridized carbons (Fsp3) is 0.429. The third-order valence-corrected chi connectivity index (χ3v) is 5.92. The van der Waals surface area contributed by atoms with Crippen molar-refractivity contribution in [2.45, 2.75) is 51.4 Å². The zero-order valence-corrected chi connectivity index (χ0v) is 16.7. The highest BCUT2D eigenvalue weighted by molar-refractivity contribution is 7.13. The second-order valence-electron chi connectivity index (χ2n) is 6.94. The van der Waals surface area contributed by atoms with Crippen LogP contribution in [0.15, 0.2) is 36.4 Å². The van der Waals surface area contributed by atoms with Crippen LogP contribution >= 0.6 is 11.3 Å². The first-order valence-corrected chi connectivity index (χ1v) is 10.3. The number of aromatic carboxylic acids is 1. The van der Waals surface area contributed by atoms with E-state index < -0.39 is 12.1 Å². The Morgan fingerprint density at radius 3 is 2.68 bits per heavy atom. The van der Waals surface area contributed by atoms with E-state index >= 15 is 0 Å². The average molecular weight is 404 g/mol. The summed E-state index contributed by atoms with van der Waals surface area (Å²) in [4.78, 5) is 26.2. The molecule has 2 aromatic rings. The molecule has 2 atom stereocenters. The van der Waals surface area contributed by atoms with Crippen LogP contribution in [0.2, 0.25) is 0 Å². The molecule has 1 fully saturated rings. The zero-order chi connectivity index (χ0) is 20.1. The molecule has 28 heavy (non-hydrogen) atoms.